The molecule has 0 aliphatic carbocycles. The van der Waals surface area contributed by atoms with Gasteiger partial charge >= 0.3 is 11.8 Å². The number of benzene rings is 1. The number of aryl methyl sites for hydroxylation is 1. The molecule has 0 spiro atoms. The van der Waals surface area contributed by atoms with Crippen molar-refractivity contribution in [2.45, 2.75) is 26.2 Å². The number of pyridine rings is 1. The summed E-state index contributed by atoms with van der Waals surface area (Å²) in [7, 11) is 0. The zero-order valence-electron chi connectivity index (χ0n) is 13.6. The van der Waals surface area contributed by atoms with Gasteiger partial charge in [-0.05, 0) is 30.2 Å². The first-order valence-corrected chi connectivity index (χ1v) is 7.45. The molecule has 0 radical (unpaired) electrons. The van der Waals surface area contributed by atoms with Crippen LogP contribution in [0.3, 0.4) is 0 Å². The number of hydrogen-bond acceptors (Lipinski definition) is 3. The third-order valence-corrected chi connectivity index (χ3v) is 3.69. The minimum absolute atomic E-state index is 0.268. The van der Waals surface area contributed by atoms with Crippen molar-refractivity contribution in [1.82, 2.24) is 10.3 Å². The third kappa shape index (κ3) is 4.39. The molecular weight excluding hydrogens is 290 g/mol. The first-order valence-electron chi connectivity index (χ1n) is 7.45. The third-order valence-electron chi connectivity index (χ3n) is 3.69. The number of anilines is 1. The molecule has 1 aromatic carbocycles. The van der Waals surface area contributed by atoms with E-state index < -0.39 is 11.8 Å². The lowest BCUT2D eigenvalue weighted by Crippen LogP contribution is -2.42. The van der Waals surface area contributed by atoms with Crippen molar-refractivity contribution in [2.75, 3.05) is 11.9 Å². The highest BCUT2D eigenvalue weighted by molar-refractivity contribution is 6.39. The van der Waals surface area contributed by atoms with Gasteiger partial charge in [0.25, 0.3) is 0 Å². The Bertz CT molecular complexity index is 696. The van der Waals surface area contributed by atoms with Crippen molar-refractivity contribution in [3.63, 3.8) is 0 Å². The lowest BCUT2D eigenvalue weighted by atomic mass is 9.82. The maximum atomic E-state index is 12.0. The van der Waals surface area contributed by atoms with Crippen molar-refractivity contribution in [2.24, 2.45) is 0 Å². The second-order valence-electron chi connectivity index (χ2n) is 6.08. The first-order chi connectivity index (χ1) is 10.9. The van der Waals surface area contributed by atoms with E-state index >= 15 is 0 Å². The summed E-state index contributed by atoms with van der Waals surface area (Å²) in [5, 5.41) is 5.21. The zero-order valence-corrected chi connectivity index (χ0v) is 13.6. The lowest BCUT2D eigenvalue weighted by molar-refractivity contribution is -0.136. The number of hydrogen-bond donors (Lipinski definition) is 2. The number of nitrogens with one attached hydrogen (secondary N) is 2. The maximum absolute atomic E-state index is 12.0. The smallest absolute Gasteiger partial charge is 0.313 e. The lowest BCUT2D eigenvalue weighted by Gasteiger charge is -2.27. The standard InChI is InChI=1S/C18H21N3O2/c1-13-7-4-5-9-15(13)18(2,3)12-20-16(22)17(23)21-14-8-6-10-19-11-14/h4-11H,12H2,1-3H3,(H,20,22)(H,21,23). The van der Waals surface area contributed by atoms with Gasteiger partial charge in [0.2, 0.25) is 0 Å². The summed E-state index contributed by atoms with van der Waals surface area (Å²) in [5.74, 6) is -1.35. The Morgan fingerprint density at radius 1 is 1.09 bits per heavy atom. The van der Waals surface area contributed by atoms with E-state index in [1.165, 1.54) is 6.20 Å². The van der Waals surface area contributed by atoms with E-state index in [1.807, 2.05) is 45.0 Å². The van der Waals surface area contributed by atoms with Gasteiger partial charge in [-0.25, -0.2) is 0 Å². The Morgan fingerprint density at radius 2 is 1.83 bits per heavy atom. The highest BCUT2D eigenvalue weighted by Gasteiger charge is 2.24. The molecule has 0 saturated carbocycles. The van der Waals surface area contributed by atoms with E-state index in [4.69, 9.17) is 0 Å². The molecule has 0 aliphatic rings. The molecule has 0 unspecified atom stereocenters. The normalized spacial score (nSPS) is 10.9. The van der Waals surface area contributed by atoms with Crippen LogP contribution in [0.25, 0.3) is 0 Å². The summed E-state index contributed by atoms with van der Waals surface area (Å²) in [6.07, 6.45) is 3.09. The van der Waals surface area contributed by atoms with Gasteiger partial charge in [0.05, 0.1) is 11.9 Å². The number of amides is 2. The zero-order chi connectivity index (χ0) is 16.9. The van der Waals surface area contributed by atoms with Crippen molar-refractivity contribution >= 4 is 17.5 Å². The number of carbonyl (C=O) groups excluding carboxylic acids is 2. The Morgan fingerprint density at radius 3 is 2.48 bits per heavy atom. The molecule has 2 rings (SSSR count). The second-order valence-corrected chi connectivity index (χ2v) is 6.08. The second kappa shape index (κ2) is 7.05. The molecule has 1 aromatic heterocycles. The largest absolute Gasteiger partial charge is 0.347 e. The summed E-state index contributed by atoms with van der Waals surface area (Å²) in [4.78, 5) is 27.7. The van der Waals surface area contributed by atoms with Gasteiger partial charge in [-0.3, -0.25) is 14.6 Å². The van der Waals surface area contributed by atoms with Crippen LogP contribution < -0.4 is 10.6 Å². The molecule has 120 valence electrons. The number of nitrogens with zero attached hydrogens (tertiary/aromatic N) is 1. The van der Waals surface area contributed by atoms with Gasteiger partial charge in [0.1, 0.15) is 0 Å². The molecule has 0 saturated heterocycles. The Kier molecular flexibility index (Phi) is 5.11. The van der Waals surface area contributed by atoms with E-state index in [1.54, 1.807) is 18.3 Å². The van der Waals surface area contributed by atoms with E-state index in [0.717, 1.165) is 11.1 Å². The van der Waals surface area contributed by atoms with Crippen LogP contribution in [-0.4, -0.2) is 23.3 Å². The summed E-state index contributed by atoms with van der Waals surface area (Å²) >= 11 is 0. The summed E-state index contributed by atoms with van der Waals surface area (Å²) < 4.78 is 0. The molecule has 23 heavy (non-hydrogen) atoms. The highest BCUT2D eigenvalue weighted by atomic mass is 16.2. The number of carbonyl (C=O) groups is 2. The van der Waals surface area contributed by atoms with Gasteiger partial charge in [-0.1, -0.05) is 38.1 Å². The SMILES string of the molecule is Cc1ccccc1C(C)(C)CNC(=O)C(=O)Nc1cccnc1. The van der Waals surface area contributed by atoms with Gasteiger partial charge in [0, 0.05) is 18.2 Å². The molecule has 5 heteroatoms. The van der Waals surface area contributed by atoms with Crippen LogP contribution in [0.2, 0.25) is 0 Å². The van der Waals surface area contributed by atoms with Crippen molar-refractivity contribution < 1.29 is 9.59 Å². The molecule has 0 atom stereocenters. The maximum Gasteiger partial charge on any atom is 0.313 e. The van der Waals surface area contributed by atoms with Crippen LogP contribution >= 0.6 is 0 Å². The molecule has 0 aliphatic heterocycles. The highest BCUT2D eigenvalue weighted by Crippen LogP contribution is 2.25. The van der Waals surface area contributed by atoms with Crippen LogP contribution in [0, 0.1) is 6.92 Å². The Labute approximate surface area is 136 Å². The molecule has 0 bridgehead atoms. The monoisotopic (exact) mass is 311 g/mol. The van der Waals surface area contributed by atoms with Crippen molar-refractivity contribution in [3.8, 4) is 0 Å². The fourth-order valence-corrected chi connectivity index (χ4v) is 2.43. The van der Waals surface area contributed by atoms with Crippen LogP contribution in [-0.2, 0) is 15.0 Å². The Balaban J connectivity index is 1.95. The molecule has 5 nitrogen and oxygen atoms in total. The minimum Gasteiger partial charge on any atom is -0.347 e. The first kappa shape index (κ1) is 16.7. The van der Waals surface area contributed by atoms with Gasteiger partial charge in [-0.2, -0.15) is 0 Å². The summed E-state index contributed by atoms with van der Waals surface area (Å²) in [5.41, 5.74) is 2.53. The van der Waals surface area contributed by atoms with E-state index in [-0.39, 0.29) is 5.41 Å². The van der Waals surface area contributed by atoms with Crippen molar-refractivity contribution in [1.29, 1.82) is 0 Å². The predicted octanol–water partition coefficient (Wildman–Crippen LogP) is 2.42. The molecule has 2 N–H and O–H groups in total. The van der Waals surface area contributed by atoms with Crippen LogP contribution in [0.15, 0.2) is 48.8 Å². The fraction of sp³-hybridized carbons (Fsp3) is 0.278. The van der Waals surface area contributed by atoms with Gasteiger partial charge in [0.15, 0.2) is 0 Å². The van der Waals surface area contributed by atoms with E-state index in [0.29, 0.717) is 12.2 Å². The summed E-state index contributed by atoms with van der Waals surface area (Å²) in [6.45, 7) is 6.48. The fourth-order valence-electron chi connectivity index (χ4n) is 2.43. The molecule has 2 amide bonds. The minimum atomic E-state index is -0.696. The summed E-state index contributed by atoms with van der Waals surface area (Å²) in [6, 6.07) is 11.4. The van der Waals surface area contributed by atoms with Gasteiger partial charge in [-0.15, -0.1) is 0 Å². The van der Waals surface area contributed by atoms with Crippen LogP contribution in [0.4, 0.5) is 5.69 Å². The molecule has 1 heterocycles. The van der Waals surface area contributed by atoms with E-state index in [9.17, 15) is 9.59 Å². The van der Waals surface area contributed by atoms with Crippen LogP contribution in [0.1, 0.15) is 25.0 Å². The number of aromatic nitrogens is 1. The Hall–Kier alpha value is -2.69. The van der Waals surface area contributed by atoms with Gasteiger partial charge < -0.3 is 10.6 Å². The molecular formula is C18H21N3O2. The predicted molar refractivity (Wildman–Crippen MR) is 90.1 cm³/mol. The quantitative estimate of drug-likeness (QED) is 0.852. The number of rotatable bonds is 4. The average molecular weight is 311 g/mol. The van der Waals surface area contributed by atoms with Crippen LogP contribution in [0.5, 0.6) is 0 Å². The topological polar surface area (TPSA) is 71.1 Å². The molecule has 2 aromatic rings. The van der Waals surface area contributed by atoms with E-state index in [2.05, 4.69) is 15.6 Å². The molecule has 0 fully saturated rings. The van der Waals surface area contributed by atoms with Crippen molar-refractivity contribution in [3.05, 3.63) is 59.9 Å². The average Bonchev–Trinajstić information content (AvgIpc) is 2.54.